The number of hydrogen-bond donors (Lipinski definition) is 0. The lowest BCUT2D eigenvalue weighted by Crippen LogP contribution is -2.32. The monoisotopic (exact) mass is 533 g/mol. The zero-order valence-electron chi connectivity index (χ0n) is 18.0. The number of fused-ring (bicyclic) bond motifs is 1. The van der Waals surface area contributed by atoms with Crippen molar-refractivity contribution in [1.29, 1.82) is 0 Å². The number of ether oxygens (including phenoxy) is 2. The summed E-state index contributed by atoms with van der Waals surface area (Å²) in [6, 6.07) is 10.5. The van der Waals surface area contributed by atoms with Gasteiger partial charge < -0.3 is 9.47 Å². The van der Waals surface area contributed by atoms with Crippen LogP contribution in [-0.2, 0) is 23.4 Å². The molecule has 0 bridgehead atoms. The van der Waals surface area contributed by atoms with Gasteiger partial charge in [-0.25, -0.2) is 9.52 Å². The van der Waals surface area contributed by atoms with Crippen LogP contribution in [0, 0.1) is 0 Å². The van der Waals surface area contributed by atoms with E-state index in [0.717, 1.165) is 10.0 Å². The molecule has 0 aliphatic carbocycles. The number of nitrogens with zero attached hydrogens (tertiary/aromatic N) is 4. The standard InChI is InChI=1S/C22H23BrN4O5P/c1-30-20(28)8-7-19-22(32-33(29)27-10-12-31-13-11-27)26-17-6-5-15(23)14-16(17)21(25-19)18-4-2-3-9-24-18/h2-6,9,14,19H,7-8,10-13H2,1H3/q+1/t19-/m0/s1. The number of pyridine rings is 1. The fourth-order valence-electron chi connectivity index (χ4n) is 3.46. The van der Waals surface area contributed by atoms with Gasteiger partial charge in [0, 0.05) is 27.2 Å². The number of rotatable bonds is 6. The molecule has 1 fully saturated rings. The summed E-state index contributed by atoms with van der Waals surface area (Å²) in [7, 11) is -0.852. The Morgan fingerprint density at radius 2 is 2.09 bits per heavy atom. The third-order valence-corrected chi connectivity index (χ3v) is 6.86. The molecule has 9 nitrogen and oxygen atoms in total. The second-order valence-corrected chi connectivity index (χ2v) is 9.47. The van der Waals surface area contributed by atoms with Crippen LogP contribution in [0.1, 0.15) is 24.1 Å². The molecule has 3 heterocycles. The fourth-order valence-corrected chi connectivity index (χ4v) is 4.75. The second-order valence-electron chi connectivity index (χ2n) is 7.33. The fraction of sp³-hybridized carbons (Fsp3) is 0.364. The minimum Gasteiger partial charge on any atom is -0.469 e. The molecular weight excluding hydrogens is 511 g/mol. The lowest BCUT2D eigenvalue weighted by Gasteiger charge is -2.17. The van der Waals surface area contributed by atoms with Gasteiger partial charge in [0.1, 0.15) is 6.04 Å². The van der Waals surface area contributed by atoms with Gasteiger partial charge in [-0.3, -0.25) is 14.8 Å². The summed E-state index contributed by atoms with van der Waals surface area (Å²) < 4.78 is 31.6. The highest BCUT2D eigenvalue weighted by molar-refractivity contribution is 9.10. The minimum absolute atomic E-state index is 0.108. The number of morpholine rings is 1. The normalized spacial score (nSPS) is 19.0. The molecule has 4 rings (SSSR count). The molecule has 1 aromatic carbocycles. The van der Waals surface area contributed by atoms with E-state index >= 15 is 0 Å². The van der Waals surface area contributed by atoms with Crippen molar-refractivity contribution >= 4 is 47.4 Å². The lowest BCUT2D eigenvalue weighted by molar-refractivity contribution is -0.140. The Morgan fingerprint density at radius 1 is 1.27 bits per heavy atom. The number of methoxy groups -OCH3 is 1. The Labute approximate surface area is 200 Å². The first-order valence-electron chi connectivity index (χ1n) is 10.5. The SMILES string of the molecule is COC(=O)CC[C@@H]1N=C(c2ccccn2)c2cc(Br)ccc2N=C1O[P+](=O)N1CCOCC1. The Balaban J connectivity index is 1.75. The predicted octanol–water partition coefficient (Wildman–Crippen LogP) is 4.05. The van der Waals surface area contributed by atoms with E-state index in [1.807, 2.05) is 36.4 Å². The largest absolute Gasteiger partial charge is 0.667 e. The number of aliphatic imine (C=N–C) groups is 2. The number of carbonyl (C=O) groups is 1. The molecule has 0 N–H and O–H groups in total. The van der Waals surface area contributed by atoms with Crippen molar-refractivity contribution in [1.82, 2.24) is 9.65 Å². The van der Waals surface area contributed by atoms with E-state index < -0.39 is 14.2 Å². The van der Waals surface area contributed by atoms with E-state index in [9.17, 15) is 9.36 Å². The minimum atomic E-state index is -2.19. The van der Waals surface area contributed by atoms with Crippen molar-refractivity contribution in [2.45, 2.75) is 18.9 Å². The molecule has 2 atom stereocenters. The molecule has 1 unspecified atom stereocenters. The molecule has 0 amide bonds. The van der Waals surface area contributed by atoms with E-state index in [2.05, 4.69) is 20.9 Å². The number of benzene rings is 1. The Bertz CT molecular complexity index is 1090. The zero-order chi connectivity index (χ0) is 23.2. The van der Waals surface area contributed by atoms with Crippen molar-refractivity contribution in [3.63, 3.8) is 0 Å². The van der Waals surface area contributed by atoms with Gasteiger partial charge in [0.2, 0.25) is 0 Å². The van der Waals surface area contributed by atoms with Crippen molar-refractivity contribution in [3.05, 3.63) is 58.3 Å². The third kappa shape index (κ3) is 5.89. The molecular formula is C22H23BrN4O5P+. The Morgan fingerprint density at radius 3 is 2.82 bits per heavy atom. The number of hydrogen-bond acceptors (Lipinski definition) is 8. The van der Waals surface area contributed by atoms with Crippen LogP contribution in [0.3, 0.4) is 0 Å². The molecule has 2 aromatic rings. The first-order valence-corrected chi connectivity index (χ1v) is 12.4. The lowest BCUT2D eigenvalue weighted by atomic mass is 10.0. The maximum atomic E-state index is 13.0. The summed E-state index contributed by atoms with van der Waals surface area (Å²) in [6.07, 6.45) is 2.08. The molecule has 1 aromatic heterocycles. The van der Waals surface area contributed by atoms with Crippen molar-refractivity contribution in [3.8, 4) is 0 Å². The van der Waals surface area contributed by atoms with Gasteiger partial charge in [-0.1, -0.05) is 26.7 Å². The first-order chi connectivity index (χ1) is 16.0. The van der Waals surface area contributed by atoms with Gasteiger partial charge >= 0.3 is 14.1 Å². The quantitative estimate of drug-likeness (QED) is 0.407. The highest BCUT2D eigenvalue weighted by atomic mass is 79.9. The zero-order valence-corrected chi connectivity index (χ0v) is 20.5. The van der Waals surface area contributed by atoms with Crippen LogP contribution in [0.4, 0.5) is 5.69 Å². The van der Waals surface area contributed by atoms with Crippen molar-refractivity contribution in [2.75, 3.05) is 33.4 Å². The molecule has 0 spiro atoms. The maximum absolute atomic E-state index is 13.0. The van der Waals surface area contributed by atoms with E-state index in [1.165, 1.54) is 7.11 Å². The molecule has 172 valence electrons. The molecule has 2 aliphatic rings. The molecule has 2 aliphatic heterocycles. The topological polar surface area (TPSA) is 103 Å². The molecule has 0 radical (unpaired) electrons. The van der Waals surface area contributed by atoms with Crippen LogP contribution >= 0.6 is 24.1 Å². The van der Waals surface area contributed by atoms with Gasteiger partial charge in [0.05, 0.1) is 50.5 Å². The number of aromatic nitrogens is 1. The number of carbonyl (C=O) groups excluding carboxylic acids is 1. The van der Waals surface area contributed by atoms with Crippen LogP contribution in [0.5, 0.6) is 0 Å². The molecule has 1 saturated heterocycles. The van der Waals surface area contributed by atoms with Crippen LogP contribution in [-0.4, -0.2) is 66.7 Å². The van der Waals surface area contributed by atoms with E-state index in [-0.39, 0.29) is 24.7 Å². The van der Waals surface area contributed by atoms with Crippen molar-refractivity contribution < 1.29 is 23.4 Å². The third-order valence-electron chi connectivity index (χ3n) is 5.16. The summed E-state index contributed by atoms with van der Waals surface area (Å²) in [5, 5.41) is 0. The van der Waals surface area contributed by atoms with E-state index in [1.54, 1.807) is 10.9 Å². The summed E-state index contributed by atoms with van der Waals surface area (Å²) in [5.41, 5.74) is 2.65. The highest BCUT2D eigenvalue weighted by Crippen LogP contribution is 2.35. The summed E-state index contributed by atoms with van der Waals surface area (Å²) in [5.74, 6) is -0.174. The Kier molecular flexibility index (Phi) is 7.93. The average molecular weight is 534 g/mol. The van der Waals surface area contributed by atoms with Crippen LogP contribution in [0.15, 0.2) is 57.1 Å². The first kappa shape index (κ1) is 23.6. The highest BCUT2D eigenvalue weighted by Gasteiger charge is 2.38. The molecule has 33 heavy (non-hydrogen) atoms. The van der Waals surface area contributed by atoms with Gasteiger partial charge in [-0.05, 0) is 36.8 Å². The number of esters is 1. The Hall–Kier alpha value is -2.52. The van der Waals surface area contributed by atoms with E-state index in [0.29, 0.717) is 43.4 Å². The van der Waals surface area contributed by atoms with E-state index in [4.69, 9.17) is 24.0 Å². The smallest absolute Gasteiger partial charge is 0.469 e. The molecule has 11 heteroatoms. The van der Waals surface area contributed by atoms with Gasteiger partial charge in [-0.15, -0.1) is 0 Å². The van der Waals surface area contributed by atoms with Crippen LogP contribution in [0.25, 0.3) is 0 Å². The molecule has 0 saturated carbocycles. The summed E-state index contributed by atoms with van der Waals surface area (Å²) in [4.78, 5) is 26.0. The van der Waals surface area contributed by atoms with Gasteiger partial charge in [0.15, 0.2) is 0 Å². The van der Waals surface area contributed by atoms with Crippen LogP contribution < -0.4 is 0 Å². The van der Waals surface area contributed by atoms with Gasteiger partial charge in [-0.2, -0.15) is 0 Å². The second kappa shape index (κ2) is 11.1. The average Bonchev–Trinajstić information content (AvgIpc) is 3.00. The number of halogens is 1. The maximum Gasteiger partial charge on any atom is 0.667 e. The summed E-state index contributed by atoms with van der Waals surface area (Å²) in [6.45, 7) is 1.98. The van der Waals surface area contributed by atoms with Crippen LogP contribution in [0.2, 0.25) is 0 Å². The van der Waals surface area contributed by atoms with Gasteiger partial charge in [0.25, 0.3) is 5.90 Å². The predicted molar refractivity (Wildman–Crippen MR) is 127 cm³/mol. The summed E-state index contributed by atoms with van der Waals surface area (Å²) >= 11 is 3.52. The van der Waals surface area contributed by atoms with Crippen molar-refractivity contribution in [2.24, 2.45) is 9.98 Å².